The van der Waals surface area contributed by atoms with Gasteiger partial charge in [-0.2, -0.15) is 0 Å². The molecule has 1 saturated carbocycles. The molecule has 1 aliphatic carbocycles. The van der Waals surface area contributed by atoms with E-state index in [2.05, 4.69) is 20.1 Å². The summed E-state index contributed by atoms with van der Waals surface area (Å²) < 4.78 is 25.3. The number of amides is 1. The Morgan fingerprint density at radius 2 is 1.85 bits per heavy atom. The molecule has 1 aromatic heterocycles. The Kier molecular flexibility index (Phi) is 4.30. The molecular weight excluding hydrogens is 352 g/mol. The van der Waals surface area contributed by atoms with Gasteiger partial charge in [-0.1, -0.05) is 0 Å². The van der Waals surface area contributed by atoms with Gasteiger partial charge in [-0.15, -0.1) is 10.2 Å². The van der Waals surface area contributed by atoms with Crippen LogP contribution in [0.15, 0.2) is 29.2 Å². The molecule has 138 valence electrons. The standard InChI is InChI=1S/C18H22N4O3S/c1-26(24,25)15-7-4-13(5-8-15)18(23)19-14-6-9-16-20-21-17(12-2-3-12)22(16)11-10-14/h4-5,7-8,12,14H,2-3,6,9-11H2,1H3,(H,19,23). The molecule has 0 bridgehead atoms. The zero-order chi connectivity index (χ0) is 18.3. The minimum atomic E-state index is -3.25. The van der Waals surface area contributed by atoms with E-state index in [4.69, 9.17) is 0 Å². The smallest absolute Gasteiger partial charge is 0.251 e. The number of nitrogens with zero attached hydrogens (tertiary/aromatic N) is 3. The van der Waals surface area contributed by atoms with Crippen LogP contribution in [0.5, 0.6) is 0 Å². The number of carbonyl (C=O) groups excluding carboxylic acids is 1. The highest BCUT2D eigenvalue weighted by Gasteiger charge is 2.31. The molecule has 0 radical (unpaired) electrons. The van der Waals surface area contributed by atoms with Gasteiger partial charge in [-0.3, -0.25) is 4.79 Å². The number of hydrogen-bond donors (Lipinski definition) is 1. The fourth-order valence-electron chi connectivity index (χ4n) is 3.42. The van der Waals surface area contributed by atoms with Crippen molar-refractivity contribution in [2.75, 3.05) is 6.26 Å². The monoisotopic (exact) mass is 374 g/mol. The minimum absolute atomic E-state index is 0.0748. The Morgan fingerprint density at radius 3 is 2.50 bits per heavy atom. The van der Waals surface area contributed by atoms with Crippen molar-refractivity contribution in [2.24, 2.45) is 0 Å². The fraction of sp³-hybridized carbons (Fsp3) is 0.500. The van der Waals surface area contributed by atoms with E-state index in [1.54, 1.807) is 12.1 Å². The topological polar surface area (TPSA) is 93.9 Å². The number of rotatable bonds is 4. The van der Waals surface area contributed by atoms with Crippen LogP contribution in [-0.4, -0.2) is 41.4 Å². The van der Waals surface area contributed by atoms with Gasteiger partial charge >= 0.3 is 0 Å². The predicted octanol–water partition coefficient (Wildman–Crippen LogP) is 1.69. The van der Waals surface area contributed by atoms with Gasteiger partial charge in [-0.05, 0) is 49.9 Å². The molecule has 1 amide bonds. The van der Waals surface area contributed by atoms with Crippen LogP contribution in [0.3, 0.4) is 0 Å². The summed E-state index contributed by atoms with van der Waals surface area (Å²) in [6.45, 7) is 0.826. The number of aryl methyl sites for hydroxylation is 1. The summed E-state index contributed by atoms with van der Waals surface area (Å²) in [5, 5.41) is 11.7. The van der Waals surface area contributed by atoms with E-state index in [0.29, 0.717) is 11.5 Å². The molecule has 4 rings (SSSR count). The molecule has 2 aliphatic rings. The van der Waals surface area contributed by atoms with E-state index in [1.807, 2.05) is 0 Å². The quantitative estimate of drug-likeness (QED) is 0.879. The van der Waals surface area contributed by atoms with Crippen molar-refractivity contribution in [1.82, 2.24) is 20.1 Å². The number of carbonyl (C=O) groups is 1. The fourth-order valence-corrected chi connectivity index (χ4v) is 4.05. The second-order valence-electron chi connectivity index (χ2n) is 7.19. The SMILES string of the molecule is CS(=O)(=O)c1ccc(C(=O)NC2CCc3nnc(C4CC4)n3CC2)cc1. The number of aromatic nitrogens is 3. The van der Waals surface area contributed by atoms with Crippen molar-refractivity contribution >= 4 is 15.7 Å². The molecule has 0 saturated heterocycles. The lowest BCUT2D eigenvalue weighted by molar-refractivity contribution is 0.0933. The largest absolute Gasteiger partial charge is 0.349 e. The molecule has 2 heterocycles. The van der Waals surface area contributed by atoms with Crippen LogP contribution in [-0.2, 0) is 22.8 Å². The van der Waals surface area contributed by atoms with Crippen molar-refractivity contribution in [2.45, 2.75) is 55.5 Å². The van der Waals surface area contributed by atoms with Crippen molar-refractivity contribution in [3.63, 3.8) is 0 Å². The second-order valence-corrected chi connectivity index (χ2v) is 9.21. The van der Waals surface area contributed by atoms with Crippen molar-refractivity contribution in [3.05, 3.63) is 41.5 Å². The highest BCUT2D eigenvalue weighted by molar-refractivity contribution is 7.90. The van der Waals surface area contributed by atoms with E-state index in [9.17, 15) is 13.2 Å². The van der Waals surface area contributed by atoms with Crippen LogP contribution >= 0.6 is 0 Å². The Hall–Kier alpha value is -2.22. The van der Waals surface area contributed by atoms with Crippen LogP contribution in [0.25, 0.3) is 0 Å². The average molecular weight is 374 g/mol. The Balaban J connectivity index is 1.41. The molecule has 1 aromatic carbocycles. The van der Waals surface area contributed by atoms with E-state index in [0.717, 1.165) is 43.7 Å². The van der Waals surface area contributed by atoms with Gasteiger partial charge in [-0.25, -0.2) is 8.42 Å². The third kappa shape index (κ3) is 3.51. The molecule has 0 spiro atoms. The van der Waals surface area contributed by atoms with E-state index >= 15 is 0 Å². The van der Waals surface area contributed by atoms with Crippen molar-refractivity contribution in [1.29, 1.82) is 0 Å². The van der Waals surface area contributed by atoms with Gasteiger partial charge in [0.1, 0.15) is 11.6 Å². The second kappa shape index (κ2) is 6.50. The Bertz CT molecular complexity index is 930. The first-order chi connectivity index (χ1) is 12.4. The molecule has 1 atom stereocenters. The third-order valence-electron chi connectivity index (χ3n) is 5.10. The van der Waals surface area contributed by atoms with Gasteiger partial charge in [0.15, 0.2) is 9.84 Å². The maximum Gasteiger partial charge on any atom is 0.251 e. The lowest BCUT2D eigenvalue weighted by Gasteiger charge is -2.16. The highest BCUT2D eigenvalue weighted by atomic mass is 32.2. The highest BCUT2D eigenvalue weighted by Crippen LogP contribution is 2.39. The van der Waals surface area contributed by atoms with Crippen LogP contribution < -0.4 is 5.32 Å². The number of hydrogen-bond acceptors (Lipinski definition) is 5. The van der Waals surface area contributed by atoms with Gasteiger partial charge in [0.2, 0.25) is 0 Å². The van der Waals surface area contributed by atoms with Crippen molar-refractivity contribution < 1.29 is 13.2 Å². The summed E-state index contributed by atoms with van der Waals surface area (Å²) in [5.41, 5.74) is 0.472. The summed E-state index contributed by atoms with van der Waals surface area (Å²) in [4.78, 5) is 12.7. The summed E-state index contributed by atoms with van der Waals surface area (Å²) in [6, 6.07) is 6.14. The number of fused-ring (bicyclic) bond motifs is 1. The maximum absolute atomic E-state index is 12.5. The van der Waals surface area contributed by atoms with Gasteiger partial charge < -0.3 is 9.88 Å². The average Bonchev–Trinajstić information content (AvgIpc) is 3.40. The molecule has 1 N–H and O–H groups in total. The van der Waals surface area contributed by atoms with Gasteiger partial charge in [0.25, 0.3) is 5.91 Å². The number of sulfone groups is 1. The summed E-state index contributed by atoms with van der Waals surface area (Å²) in [6.07, 6.45) is 6.02. The van der Waals surface area contributed by atoms with E-state index in [1.165, 1.54) is 25.0 Å². The van der Waals surface area contributed by atoms with Crippen LogP contribution in [0.2, 0.25) is 0 Å². The Morgan fingerprint density at radius 1 is 1.12 bits per heavy atom. The zero-order valence-electron chi connectivity index (χ0n) is 14.7. The minimum Gasteiger partial charge on any atom is -0.349 e. The molecule has 8 heteroatoms. The van der Waals surface area contributed by atoms with E-state index < -0.39 is 9.84 Å². The van der Waals surface area contributed by atoms with Crippen LogP contribution in [0, 0.1) is 0 Å². The summed E-state index contributed by atoms with van der Waals surface area (Å²) >= 11 is 0. The number of nitrogens with one attached hydrogen (secondary N) is 1. The molecule has 2 aromatic rings. The first-order valence-corrected chi connectivity index (χ1v) is 10.8. The molecule has 7 nitrogen and oxygen atoms in total. The van der Waals surface area contributed by atoms with Gasteiger partial charge in [0, 0.05) is 36.7 Å². The normalized spacial score (nSPS) is 20.3. The molecular formula is C18H22N4O3S. The van der Waals surface area contributed by atoms with Crippen LogP contribution in [0.1, 0.15) is 53.6 Å². The zero-order valence-corrected chi connectivity index (χ0v) is 15.5. The van der Waals surface area contributed by atoms with Crippen molar-refractivity contribution in [3.8, 4) is 0 Å². The summed E-state index contributed by atoms with van der Waals surface area (Å²) in [5.74, 6) is 2.51. The summed E-state index contributed by atoms with van der Waals surface area (Å²) in [7, 11) is -3.25. The molecule has 1 aliphatic heterocycles. The Labute approximate surface area is 152 Å². The third-order valence-corrected chi connectivity index (χ3v) is 6.22. The maximum atomic E-state index is 12.5. The van der Waals surface area contributed by atoms with Gasteiger partial charge in [0.05, 0.1) is 4.90 Å². The van der Waals surface area contributed by atoms with E-state index in [-0.39, 0.29) is 16.8 Å². The molecule has 26 heavy (non-hydrogen) atoms. The first kappa shape index (κ1) is 17.2. The predicted molar refractivity (Wildman–Crippen MR) is 95.7 cm³/mol. The molecule has 1 unspecified atom stereocenters. The molecule has 1 fully saturated rings. The lowest BCUT2D eigenvalue weighted by Crippen LogP contribution is -2.35. The first-order valence-electron chi connectivity index (χ1n) is 8.95. The lowest BCUT2D eigenvalue weighted by atomic mass is 10.1. The number of benzene rings is 1. The van der Waals surface area contributed by atoms with Crippen LogP contribution in [0.4, 0.5) is 0 Å².